The van der Waals surface area contributed by atoms with E-state index >= 15 is 0 Å². The Bertz CT molecular complexity index is 1030. The SMILES string of the molecule is Cc1ccc(-c2cscc2-c2ccc(S(N)(=O)=O)c(F)c2)cc1Br. The molecule has 7 heteroatoms. The van der Waals surface area contributed by atoms with Crippen LogP contribution >= 0.6 is 27.3 Å². The third-order valence-corrected chi connectivity index (χ3v) is 6.24. The van der Waals surface area contributed by atoms with Gasteiger partial charge >= 0.3 is 0 Å². The molecule has 0 spiro atoms. The van der Waals surface area contributed by atoms with Crippen molar-refractivity contribution in [1.29, 1.82) is 0 Å². The average molecular weight is 426 g/mol. The van der Waals surface area contributed by atoms with Crippen LogP contribution in [0.4, 0.5) is 4.39 Å². The molecule has 3 nitrogen and oxygen atoms in total. The summed E-state index contributed by atoms with van der Waals surface area (Å²) in [5.74, 6) is -0.850. The largest absolute Gasteiger partial charge is 0.240 e. The minimum atomic E-state index is -4.07. The van der Waals surface area contributed by atoms with Gasteiger partial charge in [-0.05, 0) is 52.6 Å². The first-order chi connectivity index (χ1) is 11.3. The van der Waals surface area contributed by atoms with E-state index in [1.807, 2.05) is 35.9 Å². The summed E-state index contributed by atoms with van der Waals surface area (Å²) >= 11 is 5.02. The van der Waals surface area contributed by atoms with E-state index in [1.165, 1.54) is 23.5 Å². The van der Waals surface area contributed by atoms with Crippen molar-refractivity contribution in [2.75, 3.05) is 0 Å². The molecule has 1 aromatic heterocycles. The third-order valence-electron chi connectivity index (χ3n) is 3.69. The van der Waals surface area contributed by atoms with Crippen LogP contribution in [0.2, 0.25) is 0 Å². The standard InChI is InChI=1S/C17H13BrFNO2S2/c1-10-2-3-11(6-15(10)18)13-8-23-9-14(13)12-4-5-17(16(19)7-12)24(20,21)22/h2-9H,1H3,(H2,20,21,22). The van der Waals surface area contributed by atoms with Gasteiger partial charge in [-0.3, -0.25) is 0 Å². The predicted octanol–water partition coefficient (Wildman–Crippen LogP) is 4.94. The van der Waals surface area contributed by atoms with Gasteiger partial charge in [-0.25, -0.2) is 17.9 Å². The van der Waals surface area contributed by atoms with Crippen LogP contribution in [0.25, 0.3) is 22.3 Å². The summed E-state index contributed by atoms with van der Waals surface area (Å²) in [5, 5.41) is 8.90. The molecule has 0 atom stereocenters. The normalized spacial score (nSPS) is 11.7. The van der Waals surface area contributed by atoms with Crippen LogP contribution < -0.4 is 5.14 Å². The summed E-state index contributed by atoms with van der Waals surface area (Å²) in [6.45, 7) is 2.00. The molecule has 3 aromatic rings. The van der Waals surface area contributed by atoms with Crippen molar-refractivity contribution in [3.63, 3.8) is 0 Å². The van der Waals surface area contributed by atoms with Gasteiger partial charge in [0.1, 0.15) is 10.7 Å². The zero-order chi connectivity index (χ0) is 17.5. The van der Waals surface area contributed by atoms with Gasteiger partial charge in [0.25, 0.3) is 0 Å². The Morgan fingerprint density at radius 1 is 1.04 bits per heavy atom. The van der Waals surface area contributed by atoms with Gasteiger partial charge in [-0.15, -0.1) is 0 Å². The molecule has 0 saturated carbocycles. The highest BCUT2D eigenvalue weighted by Crippen LogP contribution is 2.37. The zero-order valence-corrected chi connectivity index (χ0v) is 15.8. The van der Waals surface area contributed by atoms with Gasteiger partial charge in [-0.2, -0.15) is 11.3 Å². The number of aryl methyl sites for hydroxylation is 1. The fourth-order valence-electron chi connectivity index (χ4n) is 2.40. The molecule has 2 N–H and O–H groups in total. The second kappa shape index (κ2) is 6.40. The van der Waals surface area contributed by atoms with Crippen LogP contribution in [0.3, 0.4) is 0 Å². The van der Waals surface area contributed by atoms with Gasteiger partial charge in [0.15, 0.2) is 0 Å². The molecule has 2 aromatic carbocycles. The van der Waals surface area contributed by atoms with E-state index in [1.54, 1.807) is 6.07 Å². The Labute approximate surface area is 152 Å². The summed E-state index contributed by atoms with van der Waals surface area (Å²) in [6.07, 6.45) is 0. The first-order valence-corrected chi connectivity index (χ1v) is 10.2. The Kier molecular flexibility index (Phi) is 4.61. The second-order valence-electron chi connectivity index (χ2n) is 5.35. The fraction of sp³-hybridized carbons (Fsp3) is 0.0588. The Morgan fingerprint density at radius 2 is 1.62 bits per heavy atom. The van der Waals surface area contributed by atoms with Crippen LogP contribution in [0, 0.1) is 12.7 Å². The van der Waals surface area contributed by atoms with Crippen molar-refractivity contribution in [1.82, 2.24) is 0 Å². The minimum absolute atomic E-state index is 0.499. The zero-order valence-electron chi connectivity index (χ0n) is 12.6. The van der Waals surface area contributed by atoms with Crippen LogP contribution in [0.5, 0.6) is 0 Å². The Hall–Kier alpha value is -1.54. The molecule has 0 fully saturated rings. The minimum Gasteiger partial charge on any atom is -0.225 e. The van der Waals surface area contributed by atoms with Crippen LogP contribution in [-0.4, -0.2) is 8.42 Å². The van der Waals surface area contributed by atoms with Crippen molar-refractivity contribution in [3.8, 4) is 22.3 Å². The van der Waals surface area contributed by atoms with E-state index in [4.69, 9.17) is 5.14 Å². The number of hydrogen-bond donors (Lipinski definition) is 1. The molecular weight excluding hydrogens is 413 g/mol. The molecule has 0 amide bonds. The molecule has 0 unspecified atom stereocenters. The molecule has 24 heavy (non-hydrogen) atoms. The van der Waals surface area contributed by atoms with Crippen LogP contribution in [-0.2, 0) is 10.0 Å². The first-order valence-electron chi connectivity index (χ1n) is 6.93. The molecule has 0 saturated heterocycles. The first kappa shape index (κ1) is 17.3. The molecule has 0 bridgehead atoms. The lowest BCUT2D eigenvalue weighted by atomic mass is 9.98. The van der Waals surface area contributed by atoms with Crippen LogP contribution in [0.15, 0.2) is 56.5 Å². The summed E-state index contributed by atoms with van der Waals surface area (Å²) in [7, 11) is -4.07. The van der Waals surface area contributed by atoms with Crippen molar-refractivity contribution in [3.05, 3.63) is 63.0 Å². The maximum absolute atomic E-state index is 14.1. The van der Waals surface area contributed by atoms with Crippen molar-refractivity contribution in [2.45, 2.75) is 11.8 Å². The van der Waals surface area contributed by atoms with E-state index in [2.05, 4.69) is 15.9 Å². The van der Waals surface area contributed by atoms with Crippen molar-refractivity contribution < 1.29 is 12.8 Å². The van der Waals surface area contributed by atoms with E-state index < -0.39 is 20.7 Å². The van der Waals surface area contributed by atoms with Gasteiger partial charge in [0.2, 0.25) is 10.0 Å². The maximum atomic E-state index is 14.1. The molecule has 0 aliphatic rings. The van der Waals surface area contributed by atoms with E-state index in [-0.39, 0.29) is 0 Å². The number of benzene rings is 2. The van der Waals surface area contributed by atoms with Gasteiger partial charge < -0.3 is 0 Å². The maximum Gasteiger partial charge on any atom is 0.240 e. The quantitative estimate of drug-likeness (QED) is 0.645. The van der Waals surface area contributed by atoms with E-state index in [0.717, 1.165) is 26.7 Å². The molecule has 0 aliphatic carbocycles. The monoisotopic (exact) mass is 425 g/mol. The summed E-state index contributed by atoms with van der Waals surface area (Å²) < 4.78 is 37.8. The third kappa shape index (κ3) is 3.30. The summed E-state index contributed by atoms with van der Waals surface area (Å²) in [6, 6.07) is 9.99. The number of sulfonamides is 1. The van der Waals surface area contributed by atoms with Gasteiger partial charge in [-0.1, -0.05) is 34.1 Å². The van der Waals surface area contributed by atoms with E-state index in [9.17, 15) is 12.8 Å². The van der Waals surface area contributed by atoms with Crippen molar-refractivity contribution >= 4 is 37.3 Å². The number of halogens is 2. The lowest BCUT2D eigenvalue weighted by Gasteiger charge is -2.08. The molecular formula is C17H13BrFNO2S2. The Morgan fingerprint density at radius 3 is 2.17 bits per heavy atom. The van der Waals surface area contributed by atoms with Crippen molar-refractivity contribution in [2.24, 2.45) is 5.14 Å². The molecule has 0 radical (unpaired) electrons. The predicted molar refractivity (Wildman–Crippen MR) is 99.0 cm³/mol. The number of thiophene rings is 1. The highest BCUT2D eigenvalue weighted by atomic mass is 79.9. The number of nitrogens with two attached hydrogens (primary N) is 1. The number of hydrogen-bond acceptors (Lipinski definition) is 3. The molecule has 0 aliphatic heterocycles. The summed E-state index contributed by atoms with van der Waals surface area (Å²) in [4.78, 5) is -0.499. The Balaban J connectivity index is 2.11. The highest BCUT2D eigenvalue weighted by Gasteiger charge is 2.17. The number of primary sulfonamides is 1. The topological polar surface area (TPSA) is 60.2 Å². The molecule has 124 valence electrons. The molecule has 1 heterocycles. The second-order valence-corrected chi connectivity index (χ2v) is 8.48. The molecule has 3 rings (SSSR count). The smallest absolute Gasteiger partial charge is 0.225 e. The average Bonchev–Trinajstić information content (AvgIpc) is 2.98. The fourth-order valence-corrected chi connectivity index (χ4v) is 4.24. The van der Waals surface area contributed by atoms with E-state index in [0.29, 0.717) is 5.56 Å². The lowest BCUT2D eigenvalue weighted by molar-refractivity contribution is 0.568. The number of rotatable bonds is 3. The lowest BCUT2D eigenvalue weighted by Crippen LogP contribution is -2.13. The highest BCUT2D eigenvalue weighted by molar-refractivity contribution is 9.10. The van der Waals surface area contributed by atoms with Crippen LogP contribution in [0.1, 0.15) is 5.56 Å². The van der Waals surface area contributed by atoms with Gasteiger partial charge in [0.05, 0.1) is 0 Å². The summed E-state index contributed by atoms with van der Waals surface area (Å²) in [5.41, 5.74) is 4.53. The van der Waals surface area contributed by atoms with Gasteiger partial charge in [0, 0.05) is 15.6 Å².